The monoisotopic (exact) mass is 724 g/mol. The van der Waals surface area contributed by atoms with E-state index in [1.165, 1.54) is 0 Å². The molecule has 0 fully saturated rings. The second-order valence-corrected chi connectivity index (χ2v) is 13.6. The van der Waals surface area contributed by atoms with Gasteiger partial charge in [-0.3, -0.25) is 0 Å². The quantitative estimate of drug-likeness (QED) is 0.0501. The molecule has 10 rings (SSSR count). The summed E-state index contributed by atoms with van der Waals surface area (Å²) < 4.78 is 6.33. The van der Waals surface area contributed by atoms with Gasteiger partial charge in [0.05, 0.1) is 0 Å². The van der Waals surface area contributed by atoms with E-state index < -0.39 is 46.0 Å². The molecule has 10 aromatic rings. The highest BCUT2D eigenvalue weighted by molar-refractivity contribution is 6.32. The van der Waals surface area contributed by atoms with Crippen molar-refractivity contribution in [2.75, 3.05) is 0 Å². The number of rotatable bonds is 3. The molecule has 9 nitrogen and oxygen atoms in total. The fraction of sp³-hybridized carbons (Fsp3) is 0. The molecule has 8 N–H and O–H groups in total. The molecule has 0 radical (unpaired) electrons. The molecule has 9 heteroatoms. The predicted octanol–water partition coefficient (Wildman–Crippen LogP) is 10.8. The summed E-state index contributed by atoms with van der Waals surface area (Å²) in [6.45, 7) is 0. The fourth-order valence-corrected chi connectivity index (χ4v) is 8.21. The predicted molar refractivity (Wildman–Crippen MR) is 213 cm³/mol. The van der Waals surface area contributed by atoms with Gasteiger partial charge < -0.3 is 45.3 Å². The third-order valence-electron chi connectivity index (χ3n) is 10.7. The number of furan rings is 1. The van der Waals surface area contributed by atoms with Gasteiger partial charge in [-0.25, -0.2) is 0 Å². The average molecular weight is 725 g/mol. The zero-order valence-corrected chi connectivity index (χ0v) is 28.5. The first-order chi connectivity index (χ1) is 26.6. The van der Waals surface area contributed by atoms with Crippen LogP contribution in [0.15, 0.2) is 126 Å². The van der Waals surface area contributed by atoms with Crippen LogP contribution in [0.25, 0.3) is 98.4 Å². The molecule has 0 unspecified atom stereocenters. The lowest BCUT2D eigenvalue weighted by atomic mass is 9.81. The lowest BCUT2D eigenvalue weighted by Crippen LogP contribution is -1.95. The van der Waals surface area contributed by atoms with Crippen LogP contribution in [0.3, 0.4) is 0 Å². The second-order valence-electron chi connectivity index (χ2n) is 13.6. The Morgan fingerprint density at radius 2 is 0.836 bits per heavy atom. The summed E-state index contributed by atoms with van der Waals surface area (Å²) in [5, 5.41) is 95.8. The van der Waals surface area contributed by atoms with Gasteiger partial charge in [0.15, 0.2) is 23.0 Å². The summed E-state index contributed by atoms with van der Waals surface area (Å²) >= 11 is 0. The molecule has 266 valence electrons. The molecule has 0 aliphatic heterocycles. The minimum absolute atomic E-state index is 0.0295. The van der Waals surface area contributed by atoms with Crippen molar-refractivity contribution in [1.82, 2.24) is 0 Å². The number of phenols is 8. The average Bonchev–Trinajstić information content (AvgIpc) is 3.59. The Hall–Kier alpha value is -7.78. The minimum Gasteiger partial charge on any atom is -0.504 e. The summed E-state index contributed by atoms with van der Waals surface area (Å²) in [6, 6.07) is 37.2. The summed E-state index contributed by atoms with van der Waals surface area (Å²) in [5.74, 6) is -7.55. The summed E-state index contributed by atoms with van der Waals surface area (Å²) in [5.41, 5.74) is 3.07. The van der Waals surface area contributed by atoms with Crippen molar-refractivity contribution in [2.24, 2.45) is 0 Å². The molecule has 0 bridgehead atoms. The lowest BCUT2D eigenvalue weighted by Gasteiger charge is -2.23. The molecule has 0 saturated heterocycles. The Labute approximate surface area is 310 Å². The van der Waals surface area contributed by atoms with Crippen LogP contribution in [0.2, 0.25) is 0 Å². The van der Waals surface area contributed by atoms with E-state index >= 15 is 0 Å². The topological polar surface area (TPSA) is 175 Å². The molecule has 9 aromatic carbocycles. The second kappa shape index (κ2) is 11.4. The van der Waals surface area contributed by atoms with Gasteiger partial charge >= 0.3 is 0 Å². The summed E-state index contributed by atoms with van der Waals surface area (Å²) in [6.07, 6.45) is 0. The zero-order chi connectivity index (χ0) is 37.9. The first kappa shape index (κ1) is 31.9. The number of benzene rings is 9. The highest BCUT2D eigenvalue weighted by Gasteiger charge is 2.33. The van der Waals surface area contributed by atoms with Crippen LogP contribution in [0.5, 0.6) is 46.0 Å². The van der Waals surface area contributed by atoms with Crippen molar-refractivity contribution in [3.63, 3.8) is 0 Å². The van der Waals surface area contributed by atoms with E-state index in [0.717, 1.165) is 32.7 Å². The number of hydrogen-bond acceptors (Lipinski definition) is 9. The van der Waals surface area contributed by atoms with Crippen LogP contribution in [-0.2, 0) is 0 Å². The smallest absolute Gasteiger partial charge is 0.204 e. The van der Waals surface area contributed by atoms with E-state index in [1.54, 1.807) is 30.3 Å². The minimum atomic E-state index is -1.04. The first-order valence-electron chi connectivity index (χ1n) is 17.3. The number of phenolic OH excluding ortho intramolecular Hbond substituents is 8. The fourth-order valence-electron chi connectivity index (χ4n) is 8.21. The maximum Gasteiger partial charge on any atom is 0.204 e. The van der Waals surface area contributed by atoms with E-state index in [4.69, 9.17) is 4.42 Å². The van der Waals surface area contributed by atoms with Gasteiger partial charge in [0.1, 0.15) is 11.2 Å². The normalized spacial score (nSPS) is 11.9. The standard InChI is InChI=1S/C46H28O9/c47-39-35-32(25-17-24-13-6-7-14-26(24)28(19-25)21-9-2-1-3-10-21)36-38(42(50)46(54)44(52)40(36)48)34(37(35)41(49)45(53)43(39)51)27-15-8-16-30-33(27)29-18-22-11-4-5-12-23(22)20-31(29)55-30/h1-20,47-54H. The maximum absolute atomic E-state index is 11.9. The van der Waals surface area contributed by atoms with E-state index in [9.17, 15) is 40.9 Å². The third kappa shape index (κ3) is 4.35. The van der Waals surface area contributed by atoms with Crippen molar-refractivity contribution in [3.8, 4) is 79.4 Å². The zero-order valence-electron chi connectivity index (χ0n) is 28.5. The van der Waals surface area contributed by atoms with Crippen molar-refractivity contribution in [2.45, 2.75) is 0 Å². The SMILES string of the molecule is Oc1c(O)c(O)c2c(-c3cccc4oc5cc6ccccc6cc5c34)c3c(O)c(O)c(O)c(O)c3c(-c3cc(-c4ccccc4)c4ccccc4c3)c2c1O. The number of hydrogen-bond donors (Lipinski definition) is 8. The molecule has 0 spiro atoms. The van der Waals surface area contributed by atoms with Gasteiger partial charge in [0.2, 0.25) is 23.0 Å². The van der Waals surface area contributed by atoms with Crippen LogP contribution >= 0.6 is 0 Å². The Morgan fingerprint density at radius 1 is 0.309 bits per heavy atom. The Morgan fingerprint density at radius 3 is 1.45 bits per heavy atom. The van der Waals surface area contributed by atoms with Gasteiger partial charge in [-0.05, 0) is 74.1 Å². The first-order valence-corrected chi connectivity index (χ1v) is 17.3. The maximum atomic E-state index is 11.9. The number of aromatic hydroxyl groups is 8. The van der Waals surface area contributed by atoms with E-state index in [0.29, 0.717) is 33.1 Å². The molecule has 0 amide bonds. The molecular weight excluding hydrogens is 696 g/mol. The Bertz CT molecular complexity index is 3210. The Kier molecular flexibility index (Phi) is 6.59. The van der Waals surface area contributed by atoms with Crippen LogP contribution in [0.1, 0.15) is 0 Å². The highest BCUT2D eigenvalue weighted by Crippen LogP contribution is 2.62. The molecular formula is C46H28O9. The molecule has 55 heavy (non-hydrogen) atoms. The van der Waals surface area contributed by atoms with E-state index in [1.807, 2.05) is 91.0 Å². The number of fused-ring (bicyclic) bond motifs is 7. The largest absolute Gasteiger partial charge is 0.504 e. The lowest BCUT2D eigenvalue weighted by molar-refractivity contribution is 0.350. The molecule has 0 aliphatic carbocycles. The van der Waals surface area contributed by atoms with Crippen molar-refractivity contribution in [3.05, 3.63) is 121 Å². The van der Waals surface area contributed by atoms with Crippen molar-refractivity contribution >= 4 is 65.0 Å². The van der Waals surface area contributed by atoms with Gasteiger partial charge in [0, 0.05) is 43.4 Å². The van der Waals surface area contributed by atoms with Gasteiger partial charge in [-0.2, -0.15) is 0 Å². The van der Waals surface area contributed by atoms with E-state index in [-0.39, 0.29) is 32.7 Å². The Balaban J connectivity index is 1.47. The molecule has 0 saturated carbocycles. The molecule has 1 heterocycles. The summed E-state index contributed by atoms with van der Waals surface area (Å²) in [4.78, 5) is 0. The van der Waals surface area contributed by atoms with Crippen LogP contribution in [0.4, 0.5) is 0 Å². The van der Waals surface area contributed by atoms with Crippen molar-refractivity contribution in [1.29, 1.82) is 0 Å². The highest BCUT2D eigenvalue weighted by atomic mass is 16.4. The van der Waals surface area contributed by atoms with Crippen molar-refractivity contribution < 1.29 is 45.3 Å². The van der Waals surface area contributed by atoms with Gasteiger partial charge in [-0.1, -0.05) is 91.0 Å². The van der Waals surface area contributed by atoms with Gasteiger partial charge in [0.25, 0.3) is 0 Å². The summed E-state index contributed by atoms with van der Waals surface area (Å²) in [7, 11) is 0. The van der Waals surface area contributed by atoms with Crippen LogP contribution < -0.4 is 0 Å². The van der Waals surface area contributed by atoms with Crippen LogP contribution in [0, 0.1) is 0 Å². The molecule has 0 aliphatic rings. The van der Waals surface area contributed by atoms with Crippen LogP contribution in [-0.4, -0.2) is 40.9 Å². The van der Waals surface area contributed by atoms with Gasteiger partial charge in [-0.15, -0.1) is 0 Å². The molecule has 0 atom stereocenters. The molecule has 1 aromatic heterocycles. The third-order valence-corrected chi connectivity index (χ3v) is 10.7. The van der Waals surface area contributed by atoms with E-state index in [2.05, 4.69) is 0 Å².